The van der Waals surface area contributed by atoms with Crippen molar-refractivity contribution < 1.29 is 35.8 Å². The maximum absolute atomic E-state index is 14.6. The molecule has 8 heteroatoms. The van der Waals surface area contributed by atoms with Crippen LogP contribution in [0.2, 0.25) is 0 Å². The summed E-state index contributed by atoms with van der Waals surface area (Å²) in [5.74, 6) is 1.23. The lowest BCUT2D eigenvalue weighted by atomic mass is 9.78. The topological polar surface area (TPSA) is 18.5 Å². The monoisotopic (exact) mass is 812 g/mol. The quantitative estimate of drug-likeness (QED) is 0.112. The van der Waals surface area contributed by atoms with E-state index in [9.17, 15) is 26.3 Å². The van der Waals surface area contributed by atoms with Gasteiger partial charge in [0.25, 0.3) is 0 Å². The fourth-order valence-electron chi connectivity index (χ4n) is 8.24. The van der Waals surface area contributed by atoms with Crippen LogP contribution in [0.4, 0.5) is 26.3 Å². The molecule has 0 N–H and O–H groups in total. The first kappa shape index (κ1) is 40.5. The highest BCUT2D eigenvalue weighted by molar-refractivity contribution is 6.31. The molecule has 60 heavy (non-hydrogen) atoms. The number of aryl methyl sites for hydroxylation is 2. The summed E-state index contributed by atoms with van der Waals surface area (Å²) in [6.07, 6.45) is -9.52. The Bertz CT molecular complexity index is 2900. The summed E-state index contributed by atoms with van der Waals surface area (Å²) in [7, 11) is 0. The number of hydrogen-bond donors (Lipinski definition) is 0. The van der Waals surface area contributed by atoms with Crippen LogP contribution in [0.3, 0.4) is 0 Å². The zero-order chi connectivity index (χ0) is 42.7. The molecule has 0 spiro atoms. The summed E-state index contributed by atoms with van der Waals surface area (Å²) in [6.45, 7) is 11.6. The van der Waals surface area contributed by atoms with Crippen molar-refractivity contribution in [2.24, 2.45) is 0 Å². The first-order valence-corrected chi connectivity index (χ1v) is 19.8. The van der Waals surface area contributed by atoms with E-state index in [1.807, 2.05) is 126 Å². The van der Waals surface area contributed by atoms with Gasteiger partial charge in [-0.3, -0.25) is 0 Å². The summed E-state index contributed by atoms with van der Waals surface area (Å²) in [5, 5.41) is 3.90. The molecule has 0 aliphatic rings. The second-order valence-electron chi connectivity index (χ2n) is 15.9. The van der Waals surface area contributed by atoms with E-state index >= 15 is 0 Å². The first-order valence-electron chi connectivity index (χ1n) is 19.8. The fraction of sp³-hybridized carbons (Fsp3) is 0.192. The molecule has 0 amide bonds. The minimum absolute atomic E-state index is 0.0894. The van der Waals surface area contributed by atoms with Crippen molar-refractivity contribution in [3.05, 3.63) is 156 Å². The molecule has 0 unspecified atom stereocenters. The van der Waals surface area contributed by atoms with Crippen LogP contribution in [0.15, 0.2) is 133 Å². The van der Waals surface area contributed by atoms with Crippen LogP contribution in [0, 0.1) is 13.8 Å². The Labute approximate surface area is 345 Å². The Morgan fingerprint density at radius 1 is 0.417 bits per heavy atom. The summed E-state index contributed by atoms with van der Waals surface area (Å²) in [6, 6.07) is 37.6. The van der Waals surface area contributed by atoms with Gasteiger partial charge in [0.05, 0.1) is 23.3 Å². The first-order chi connectivity index (χ1) is 28.5. The van der Waals surface area contributed by atoms with Gasteiger partial charge >= 0.3 is 12.4 Å². The minimum Gasteiger partial charge on any atom is -0.491 e. The average molecular weight is 813 g/mol. The molecule has 0 fully saturated rings. The molecule has 0 heterocycles. The lowest BCUT2D eigenvalue weighted by Gasteiger charge is -2.25. The van der Waals surface area contributed by atoms with Gasteiger partial charge in [0, 0.05) is 0 Å². The van der Waals surface area contributed by atoms with Crippen molar-refractivity contribution >= 4 is 32.3 Å². The van der Waals surface area contributed by atoms with E-state index in [1.54, 1.807) is 12.1 Å². The predicted molar refractivity (Wildman–Crippen MR) is 232 cm³/mol. The van der Waals surface area contributed by atoms with Crippen molar-refractivity contribution in [2.45, 2.75) is 66.1 Å². The maximum Gasteiger partial charge on any atom is 0.416 e. The molecule has 0 saturated carbocycles. The lowest BCUT2D eigenvalue weighted by Crippen LogP contribution is -2.06. The molecule has 0 radical (unpaired) electrons. The zero-order valence-electron chi connectivity index (χ0n) is 33.9. The molecule has 0 aliphatic heterocycles. The highest BCUT2D eigenvalue weighted by Gasteiger charge is 2.33. The fourth-order valence-corrected chi connectivity index (χ4v) is 8.24. The number of fused-ring (bicyclic) bond motifs is 3. The second kappa shape index (κ2) is 15.4. The average Bonchev–Trinajstić information content (AvgIpc) is 3.18. The molecule has 8 rings (SSSR count). The lowest BCUT2D eigenvalue weighted by molar-refractivity contribution is -0.138. The molecule has 2 nitrogen and oxygen atoms in total. The van der Waals surface area contributed by atoms with Crippen molar-refractivity contribution in [1.82, 2.24) is 0 Å². The molecular formula is C52H42F6O2. The van der Waals surface area contributed by atoms with Gasteiger partial charge in [-0.1, -0.05) is 84.4 Å². The van der Waals surface area contributed by atoms with E-state index in [4.69, 9.17) is 9.47 Å². The normalized spacial score (nSPS) is 12.3. The number of hydrogen-bond acceptors (Lipinski definition) is 2. The van der Waals surface area contributed by atoms with E-state index in [0.717, 1.165) is 56.8 Å². The van der Waals surface area contributed by atoms with Gasteiger partial charge in [-0.15, -0.1) is 0 Å². The molecule has 0 bridgehead atoms. The Morgan fingerprint density at radius 3 is 1.48 bits per heavy atom. The van der Waals surface area contributed by atoms with Crippen molar-refractivity contribution in [1.29, 1.82) is 0 Å². The number of alkyl halides is 6. The third-order valence-electron chi connectivity index (χ3n) is 10.6. The van der Waals surface area contributed by atoms with Gasteiger partial charge in [-0.05, 0) is 179 Å². The second-order valence-corrected chi connectivity index (χ2v) is 15.9. The number of ether oxygens (including phenoxy) is 2. The van der Waals surface area contributed by atoms with Crippen LogP contribution in [-0.4, -0.2) is 12.2 Å². The van der Waals surface area contributed by atoms with Crippen LogP contribution in [0.5, 0.6) is 11.5 Å². The van der Waals surface area contributed by atoms with Gasteiger partial charge in [0.15, 0.2) is 0 Å². The van der Waals surface area contributed by atoms with E-state index in [0.29, 0.717) is 60.9 Å². The van der Waals surface area contributed by atoms with Gasteiger partial charge in [0.2, 0.25) is 0 Å². The number of rotatable bonds is 8. The number of halogens is 6. The van der Waals surface area contributed by atoms with Crippen molar-refractivity contribution in [2.75, 3.05) is 0 Å². The Hall–Kier alpha value is -6.28. The molecule has 0 aromatic heterocycles. The molecular weight excluding hydrogens is 771 g/mol. The van der Waals surface area contributed by atoms with Crippen LogP contribution in [0.25, 0.3) is 76.8 Å². The summed E-state index contributed by atoms with van der Waals surface area (Å²) < 4.78 is 99.8. The van der Waals surface area contributed by atoms with Gasteiger partial charge in [0.1, 0.15) is 11.5 Å². The van der Waals surface area contributed by atoms with Crippen LogP contribution >= 0.6 is 0 Å². The summed E-state index contributed by atoms with van der Waals surface area (Å²) in [5.41, 5.74) is 4.89. The number of benzene rings is 8. The smallest absolute Gasteiger partial charge is 0.416 e. The molecule has 0 atom stereocenters. The molecule has 8 aromatic rings. The molecule has 8 aromatic carbocycles. The molecule has 0 saturated heterocycles. The predicted octanol–water partition coefficient (Wildman–Crippen LogP) is 16.0. The Morgan fingerprint density at radius 2 is 0.917 bits per heavy atom. The van der Waals surface area contributed by atoms with Crippen LogP contribution in [-0.2, 0) is 12.4 Å². The largest absolute Gasteiger partial charge is 0.491 e. The van der Waals surface area contributed by atoms with E-state index < -0.39 is 23.5 Å². The van der Waals surface area contributed by atoms with Gasteiger partial charge < -0.3 is 9.47 Å². The maximum atomic E-state index is 14.6. The van der Waals surface area contributed by atoms with E-state index in [1.165, 1.54) is 18.2 Å². The third-order valence-corrected chi connectivity index (χ3v) is 10.6. The Kier molecular flexibility index (Phi) is 10.4. The summed E-state index contributed by atoms with van der Waals surface area (Å²) >= 11 is 0. The van der Waals surface area contributed by atoms with Crippen LogP contribution < -0.4 is 9.47 Å². The SMILES string of the molecule is Cc1ccc(-c2cc(C)cc3c(-c4cccc(C(F)(F)F)c4)c4c(-c5ccc(OC(C)C)cc5)c5ccc(OC(C)C)cc5cc4c(-c4cccc(C(F)(F)F)c4)c23)cc1. The highest BCUT2D eigenvalue weighted by Crippen LogP contribution is 2.53. The minimum atomic E-state index is -4.64. The van der Waals surface area contributed by atoms with Crippen LogP contribution in [0.1, 0.15) is 49.9 Å². The van der Waals surface area contributed by atoms with Gasteiger partial charge in [-0.2, -0.15) is 26.3 Å². The molecule has 304 valence electrons. The summed E-state index contributed by atoms with van der Waals surface area (Å²) in [4.78, 5) is 0. The van der Waals surface area contributed by atoms with E-state index in [-0.39, 0.29) is 12.2 Å². The van der Waals surface area contributed by atoms with Crippen molar-refractivity contribution in [3.63, 3.8) is 0 Å². The molecule has 0 aliphatic carbocycles. The Balaban J connectivity index is 1.68. The standard InChI is InChI=1S/C52H42F6O2/c1-29(2)59-40-19-17-34(18-20-40)46-42-22-21-41(60-30(3)4)27-37(42)28-45-47(35-9-7-11-38(25-35)51(53,54)55)49-43(33-15-13-31(5)14-16-33)23-32(6)24-44(49)48(50(45)46)36-10-8-12-39(26-36)52(56,57)58/h7-30H,1-6H3. The highest BCUT2D eigenvalue weighted by atomic mass is 19.4. The van der Waals surface area contributed by atoms with Crippen molar-refractivity contribution in [3.8, 4) is 56.0 Å². The van der Waals surface area contributed by atoms with Gasteiger partial charge in [-0.25, -0.2) is 0 Å². The third kappa shape index (κ3) is 7.79. The van der Waals surface area contributed by atoms with E-state index in [2.05, 4.69) is 0 Å². The zero-order valence-corrected chi connectivity index (χ0v) is 33.9.